The highest BCUT2D eigenvalue weighted by Gasteiger charge is 2.18. The van der Waals surface area contributed by atoms with Gasteiger partial charge in [-0.1, -0.05) is 43.7 Å². The lowest BCUT2D eigenvalue weighted by atomic mass is 10.1. The van der Waals surface area contributed by atoms with Crippen LogP contribution < -0.4 is 5.73 Å². The number of nitrogens with two attached hydrogens (primary N) is 1. The molecule has 3 rings (SSSR count). The van der Waals surface area contributed by atoms with Gasteiger partial charge in [-0.2, -0.15) is 9.61 Å². The molecule has 108 valence electrons. The molecule has 1 atom stereocenters. The molecule has 0 amide bonds. The number of aromatic nitrogens is 4. The van der Waals surface area contributed by atoms with Crippen LogP contribution in [0.25, 0.3) is 16.9 Å². The van der Waals surface area contributed by atoms with E-state index in [-0.39, 0.29) is 12.0 Å². The van der Waals surface area contributed by atoms with E-state index < -0.39 is 0 Å². The van der Waals surface area contributed by atoms with E-state index in [1.807, 2.05) is 12.1 Å². The van der Waals surface area contributed by atoms with Crippen molar-refractivity contribution in [1.29, 1.82) is 0 Å². The van der Waals surface area contributed by atoms with E-state index >= 15 is 0 Å². The van der Waals surface area contributed by atoms with Crippen LogP contribution in [0.4, 0.5) is 0 Å². The van der Waals surface area contributed by atoms with E-state index in [0.29, 0.717) is 5.82 Å². The average molecular weight is 281 g/mol. The van der Waals surface area contributed by atoms with E-state index in [1.165, 1.54) is 5.56 Å². The summed E-state index contributed by atoms with van der Waals surface area (Å²) in [6, 6.07) is 12.0. The molecule has 3 aromatic rings. The fraction of sp³-hybridized carbons (Fsp3) is 0.312. The maximum absolute atomic E-state index is 6.19. The fourth-order valence-corrected chi connectivity index (χ4v) is 2.19. The smallest absolute Gasteiger partial charge is 0.178 e. The maximum Gasteiger partial charge on any atom is 0.178 e. The molecule has 2 heterocycles. The summed E-state index contributed by atoms with van der Waals surface area (Å²) >= 11 is 0. The van der Waals surface area contributed by atoms with Gasteiger partial charge in [-0.25, -0.2) is 0 Å². The van der Waals surface area contributed by atoms with Crippen molar-refractivity contribution in [2.45, 2.75) is 26.8 Å². The van der Waals surface area contributed by atoms with E-state index in [2.05, 4.69) is 60.3 Å². The van der Waals surface area contributed by atoms with Gasteiger partial charge in [0.1, 0.15) is 0 Å². The minimum atomic E-state index is -0.180. The van der Waals surface area contributed by atoms with Gasteiger partial charge in [0, 0.05) is 5.56 Å². The Kier molecular flexibility index (Phi) is 3.43. The molecular weight excluding hydrogens is 262 g/mol. The Morgan fingerprint density at radius 2 is 1.71 bits per heavy atom. The summed E-state index contributed by atoms with van der Waals surface area (Å²) in [5, 5.41) is 13.0. The summed E-state index contributed by atoms with van der Waals surface area (Å²) < 4.78 is 1.75. The summed E-state index contributed by atoms with van der Waals surface area (Å²) in [4.78, 5) is 0. The van der Waals surface area contributed by atoms with Gasteiger partial charge in [-0.3, -0.25) is 0 Å². The topological polar surface area (TPSA) is 69.1 Å². The van der Waals surface area contributed by atoms with Gasteiger partial charge in [0.05, 0.1) is 11.7 Å². The SMILES string of the molecule is Cc1ccc(-c2ccc3nnc([C@H](N)C(C)C)n3n2)cc1. The van der Waals surface area contributed by atoms with Crippen LogP contribution in [0, 0.1) is 12.8 Å². The minimum absolute atomic E-state index is 0.180. The van der Waals surface area contributed by atoms with Crippen LogP contribution in [-0.4, -0.2) is 19.8 Å². The zero-order chi connectivity index (χ0) is 15.0. The van der Waals surface area contributed by atoms with Crippen molar-refractivity contribution in [3.05, 3.63) is 47.8 Å². The summed E-state index contributed by atoms with van der Waals surface area (Å²) in [7, 11) is 0. The Labute approximate surface area is 123 Å². The highest BCUT2D eigenvalue weighted by atomic mass is 15.4. The van der Waals surface area contributed by atoms with Crippen molar-refractivity contribution in [3.63, 3.8) is 0 Å². The number of hydrogen-bond donors (Lipinski definition) is 1. The number of benzene rings is 1. The van der Waals surface area contributed by atoms with Crippen LogP contribution in [0.2, 0.25) is 0 Å². The van der Waals surface area contributed by atoms with Crippen LogP contribution in [0.1, 0.15) is 31.3 Å². The molecule has 0 aliphatic rings. The number of rotatable bonds is 3. The lowest BCUT2D eigenvalue weighted by molar-refractivity contribution is 0.480. The Balaban J connectivity index is 2.10. The molecule has 5 heteroatoms. The van der Waals surface area contributed by atoms with Crippen molar-refractivity contribution in [3.8, 4) is 11.3 Å². The van der Waals surface area contributed by atoms with Gasteiger partial charge in [0.25, 0.3) is 0 Å². The molecule has 0 radical (unpaired) electrons. The third-order valence-electron chi connectivity index (χ3n) is 3.65. The van der Waals surface area contributed by atoms with Gasteiger partial charge >= 0.3 is 0 Å². The molecule has 2 aromatic heterocycles. The number of fused-ring (bicyclic) bond motifs is 1. The van der Waals surface area contributed by atoms with E-state index in [4.69, 9.17) is 5.73 Å². The Hall–Kier alpha value is -2.27. The summed E-state index contributed by atoms with van der Waals surface area (Å²) in [6.45, 7) is 6.20. The van der Waals surface area contributed by atoms with Crippen LogP contribution in [0.5, 0.6) is 0 Å². The fourth-order valence-electron chi connectivity index (χ4n) is 2.19. The second-order valence-corrected chi connectivity index (χ2v) is 5.68. The molecule has 0 bridgehead atoms. The molecule has 5 nitrogen and oxygen atoms in total. The number of nitrogens with zero attached hydrogens (tertiary/aromatic N) is 4. The molecule has 0 spiro atoms. The Morgan fingerprint density at radius 3 is 2.38 bits per heavy atom. The lowest BCUT2D eigenvalue weighted by Gasteiger charge is -2.13. The monoisotopic (exact) mass is 281 g/mol. The summed E-state index contributed by atoms with van der Waals surface area (Å²) in [6.07, 6.45) is 0. The van der Waals surface area contributed by atoms with Gasteiger partial charge < -0.3 is 5.73 Å². The maximum atomic E-state index is 6.19. The first kappa shape index (κ1) is 13.7. The predicted molar refractivity (Wildman–Crippen MR) is 82.7 cm³/mol. The predicted octanol–water partition coefficient (Wildman–Crippen LogP) is 2.76. The van der Waals surface area contributed by atoms with E-state index in [9.17, 15) is 0 Å². The first-order chi connectivity index (χ1) is 10.1. The molecule has 2 N–H and O–H groups in total. The van der Waals surface area contributed by atoms with Crippen molar-refractivity contribution in [2.75, 3.05) is 0 Å². The molecule has 0 aliphatic carbocycles. The Bertz CT molecular complexity index is 758. The Morgan fingerprint density at radius 1 is 1.00 bits per heavy atom. The molecule has 0 saturated heterocycles. The molecule has 0 unspecified atom stereocenters. The molecule has 0 aliphatic heterocycles. The minimum Gasteiger partial charge on any atom is -0.321 e. The van der Waals surface area contributed by atoms with Crippen molar-refractivity contribution < 1.29 is 0 Å². The highest BCUT2D eigenvalue weighted by molar-refractivity contribution is 5.60. The second kappa shape index (κ2) is 5.26. The van der Waals surface area contributed by atoms with Gasteiger partial charge in [-0.15, -0.1) is 10.2 Å². The zero-order valence-corrected chi connectivity index (χ0v) is 12.5. The first-order valence-corrected chi connectivity index (χ1v) is 7.11. The first-order valence-electron chi connectivity index (χ1n) is 7.11. The second-order valence-electron chi connectivity index (χ2n) is 5.68. The van der Waals surface area contributed by atoms with Gasteiger partial charge in [0.15, 0.2) is 11.5 Å². The quantitative estimate of drug-likeness (QED) is 0.801. The van der Waals surface area contributed by atoms with Crippen LogP contribution >= 0.6 is 0 Å². The van der Waals surface area contributed by atoms with E-state index in [1.54, 1.807) is 4.52 Å². The molecule has 1 aromatic carbocycles. The largest absolute Gasteiger partial charge is 0.321 e. The molecule has 0 saturated carbocycles. The lowest BCUT2D eigenvalue weighted by Crippen LogP contribution is -2.20. The molecule has 0 fully saturated rings. The van der Waals surface area contributed by atoms with Gasteiger partial charge in [0.2, 0.25) is 0 Å². The third-order valence-corrected chi connectivity index (χ3v) is 3.65. The van der Waals surface area contributed by atoms with E-state index in [0.717, 1.165) is 16.9 Å². The van der Waals surface area contributed by atoms with Crippen LogP contribution in [0.15, 0.2) is 36.4 Å². The standard InChI is InChI=1S/C16H19N5/c1-10(2)15(17)16-19-18-14-9-8-13(20-21(14)16)12-6-4-11(3)5-7-12/h4-10,15H,17H2,1-3H3/t15-/m1/s1. The average Bonchev–Trinajstić information content (AvgIpc) is 2.90. The van der Waals surface area contributed by atoms with Crippen LogP contribution in [0.3, 0.4) is 0 Å². The molecule has 21 heavy (non-hydrogen) atoms. The normalized spacial score (nSPS) is 13.0. The van der Waals surface area contributed by atoms with Crippen molar-refractivity contribution >= 4 is 5.65 Å². The summed E-state index contributed by atoms with van der Waals surface area (Å²) in [5.41, 5.74) is 10.1. The molecular formula is C16H19N5. The van der Waals surface area contributed by atoms with Crippen LogP contribution in [-0.2, 0) is 0 Å². The number of hydrogen-bond acceptors (Lipinski definition) is 4. The highest BCUT2D eigenvalue weighted by Crippen LogP contribution is 2.21. The van der Waals surface area contributed by atoms with Gasteiger partial charge in [-0.05, 0) is 25.0 Å². The zero-order valence-electron chi connectivity index (χ0n) is 12.5. The van der Waals surface area contributed by atoms with Crippen molar-refractivity contribution in [2.24, 2.45) is 11.7 Å². The van der Waals surface area contributed by atoms with Crippen molar-refractivity contribution in [1.82, 2.24) is 19.8 Å². The summed E-state index contributed by atoms with van der Waals surface area (Å²) in [5.74, 6) is 0.983. The third kappa shape index (κ3) is 2.52. The number of aryl methyl sites for hydroxylation is 1.